The van der Waals surface area contributed by atoms with Crippen LogP contribution in [0.3, 0.4) is 0 Å². The topological polar surface area (TPSA) is 79.5 Å². The lowest BCUT2D eigenvalue weighted by molar-refractivity contribution is 0.0975. The van der Waals surface area contributed by atoms with Crippen LogP contribution in [-0.4, -0.2) is 23.0 Å². The van der Waals surface area contributed by atoms with Crippen LogP contribution >= 0.6 is 12.2 Å². The van der Waals surface area contributed by atoms with E-state index in [1.165, 1.54) is 0 Å². The summed E-state index contributed by atoms with van der Waals surface area (Å²) in [6, 6.07) is 19.7. The van der Waals surface area contributed by atoms with E-state index < -0.39 is 0 Å². The highest BCUT2D eigenvalue weighted by molar-refractivity contribution is 7.80. The number of para-hydroxylation sites is 1. The van der Waals surface area contributed by atoms with Crippen LogP contribution in [0.2, 0.25) is 0 Å². The van der Waals surface area contributed by atoms with E-state index in [0.29, 0.717) is 28.3 Å². The molecule has 7 heteroatoms. The highest BCUT2D eigenvalue weighted by Crippen LogP contribution is 2.20. The third-order valence-electron chi connectivity index (χ3n) is 5.42. The van der Waals surface area contributed by atoms with Crippen molar-refractivity contribution >= 4 is 40.5 Å². The summed E-state index contributed by atoms with van der Waals surface area (Å²) in [7, 11) is 0. The van der Waals surface area contributed by atoms with Gasteiger partial charge in [-0.05, 0) is 93.0 Å². The molecule has 0 heterocycles. The summed E-state index contributed by atoms with van der Waals surface area (Å²) in [4.78, 5) is 25.6. The van der Waals surface area contributed by atoms with Crippen LogP contribution in [0.15, 0.2) is 66.7 Å². The molecule has 0 fully saturated rings. The number of aryl methyl sites for hydroxylation is 2. The van der Waals surface area contributed by atoms with Crippen molar-refractivity contribution < 1.29 is 14.3 Å². The first-order chi connectivity index (χ1) is 16.3. The third-order valence-corrected chi connectivity index (χ3v) is 5.62. The van der Waals surface area contributed by atoms with Gasteiger partial charge in [-0.25, -0.2) is 0 Å². The van der Waals surface area contributed by atoms with Crippen LogP contribution in [0.5, 0.6) is 5.75 Å². The molecule has 0 bridgehead atoms. The summed E-state index contributed by atoms with van der Waals surface area (Å²) in [5, 5.41) is 8.62. The molecule has 0 saturated carbocycles. The van der Waals surface area contributed by atoms with Crippen molar-refractivity contribution in [3.8, 4) is 5.75 Å². The Balaban J connectivity index is 1.67. The molecule has 0 aliphatic carbocycles. The molecular formula is C27H29N3O3S. The summed E-state index contributed by atoms with van der Waals surface area (Å²) in [6.45, 7) is 8.02. The maximum Gasteiger partial charge on any atom is 0.257 e. The van der Waals surface area contributed by atoms with Crippen LogP contribution in [0.1, 0.15) is 52.1 Å². The number of ether oxygens (including phenoxy) is 1. The van der Waals surface area contributed by atoms with Crippen molar-refractivity contribution in [3.63, 3.8) is 0 Å². The van der Waals surface area contributed by atoms with Crippen LogP contribution in [0, 0.1) is 13.8 Å². The van der Waals surface area contributed by atoms with E-state index in [4.69, 9.17) is 17.0 Å². The second kappa shape index (κ2) is 11.4. The normalized spacial score (nSPS) is 11.3. The Kier molecular flexibility index (Phi) is 8.38. The fourth-order valence-electron chi connectivity index (χ4n) is 3.16. The molecule has 0 spiro atoms. The summed E-state index contributed by atoms with van der Waals surface area (Å²) in [5.41, 5.74) is 4.26. The number of hydrogen-bond acceptors (Lipinski definition) is 4. The highest BCUT2D eigenvalue weighted by Gasteiger charge is 2.15. The molecule has 6 nitrogen and oxygen atoms in total. The van der Waals surface area contributed by atoms with Gasteiger partial charge in [0, 0.05) is 11.3 Å². The van der Waals surface area contributed by atoms with Crippen LogP contribution in [0.4, 0.5) is 11.4 Å². The van der Waals surface area contributed by atoms with E-state index in [9.17, 15) is 9.59 Å². The van der Waals surface area contributed by atoms with Gasteiger partial charge in [-0.3, -0.25) is 14.9 Å². The maximum absolute atomic E-state index is 12.9. The molecule has 3 N–H and O–H groups in total. The van der Waals surface area contributed by atoms with Gasteiger partial charge in [0.15, 0.2) is 5.11 Å². The molecule has 0 aliphatic heterocycles. The molecule has 3 rings (SSSR count). The molecule has 0 saturated heterocycles. The quantitative estimate of drug-likeness (QED) is 0.373. The second-order valence-corrected chi connectivity index (χ2v) is 8.48. The Morgan fingerprint density at radius 2 is 1.68 bits per heavy atom. The predicted molar refractivity (Wildman–Crippen MR) is 141 cm³/mol. The smallest absolute Gasteiger partial charge is 0.257 e. The number of carbonyl (C=O) groups is 2. The number of rotatable bonds is 7. The van der Waals surface area contributed by atoms with Gasteiger partial charge in [0.1, 0.15) is 5.75 Å². The zero-order valence-electron chi connectivity index (χ0n) is 19.8. The SMILES string of the molecule is CCC(C)Oc1cccc(C(=O)NC(=S)Nc2ccccc2C(=O)Nc2ccc(C)c(C)c2)c1. The van der Waals surface area contributed by atoms with Crippen LogP contribution in [-0.2, 0) is 0 Å². The van der Waals surface area contributed by atoms with Crippen LogP contribution in [0.25, 0.3) is 0 Å². The Bertz CT molecular complexity index is 1210. The van der Waals surface area contributed by atoms with Crippen LogP contribution < -0.4 is 20.7 Å². The van der Waals surface area contributed by atoms with Gasteiger partial charge < -0.3 is 15.4 Å². The Labute approximate surface area is 205 Å². The summed E-state index contributed by atoms with van der Waals surface area (Å²) in [6.07, 6.45) is 0.911. The standard InChI is InChI=1S/C27H29N3O3S/c1-5-19(4)33-22-10-8-9-20(16-22)25(31)30-27(34)29-24-12-7-6-11-23(24)26(32)28-21-14-13-17(2)18(3)15-21/h6-16,19H,5H2,1-4H3,(H,28,32)(H2,29,30,31,34). The zero-order chi connectivity index (χ0) is 24.7. The molecular weight excluding hydrogens is 446 g/mol. The van der Waals surface area contributed by atoms with Crippen molar-refractivity contribution in [2.45, 2.75) is 40.2 Å². The Morgan fingerprint density at radius 3 is 2.41 bits per heavy atom. The number of nitrogens with one attached hydrogen (secondary N) is 3. The van der Waals surface area contributed by atoms with Crippen molar-refractivity contribution in [2.24, 2.45) is 0 Å². The molecule has 2 amide bonds. The molecule has 0 radical (unpaired) electrons. The number of hydrogen-bond donors (Lipinski definition) is 3. The van der Waals surface area contributed by atoms with E-state index in [1.54, 1.807) is 42.5 Å². The van der Waals surface area contributed by atoms with E-state index in [2.05, 4.69) is 16.0 Å². The lowest BCUT2D eigenvalue weighted by Crippen LogP contribution is -2.34. The van der Waals surface area contributed by atoms with Gasteiger partial charge in [0.2, 0.25) is 0 Å². The van der Waals surface area contributed by atoms with Crippen molar-refractivity contribution in [1.82, 2.24) is 5.32 Å². The summed E-state index contributed by atoms with van der Waals surface area (Å²) >= 11 is 5.34. The van der Waals surface area contributed by atoms with E-state index in [1.807, 2.05) is 52.0 Å². The molecule has 1 unspecified atom stereocenters. The summed E-state index contributed by atoms with van der Waals surface area (Å²) < 4.78 is 5.79. The minimum Gasteiger partial charge on any atom is -0.491 e. The fourth-order valence-corrected chi connectivity index (χ4v) is 3.37. The monoisotopic (exact) mass is 475 g/mol. The first kappa shape index (κ1) is 24.9. The average molecular weight is 476 g/mol. The lowest BCUT2D eigenvalue weighted by Gasteiger charge is -2.15. The second-order valence-electron chi connectivity index (χ2n) is 8.07. The van der Waals surface area contributed by atoms with E-state index in [-0.39, 0.29) is 23.0 Å². The number of thiocarbonyl (C=S) groups is 1. The summed E-state index contributed by atoms with van der Waals surface area (Å²) in [5.74, 6) is -0.0335. The van der Waals surface area contributed by atoms with Crippen molar-refractivity contribution in [2.75, 3.05) is 10.6 Å². The first-order valence-electron chi connectivity index (χ1n) is 11.1. The van der Waals surface area contributed by atoms with Gasteiger partial charge in [0.05, 0.1) is 17.4 Å². The molecule has 3 aromatic carbocycles. The Morgan fingerprint density at radius 1 is 0.912 bits per heavy atom. The van der Waals surface area contributed by atoms with Gasteiger partial charge >= 0.3 is 0 Å². The lowest BCUT2D eigenvalue weighted by atomic mass is 10.1. The zero-order valence-corrected chi connectivity index (χ0v) is 20.6. The fraction of sp³-hybridized carbons (Fsp3) is 0.222. The number of carbonyl (C=O) groups excluding carboxylic acids is 2. The van der Waals surface area contributed by atoms with Gasteiger partial charge in [-0.2, -0.15) is 0 Å². The molecule has 1 atom stereocenters. The van der Waals surface area contributed by atoms with Crippen molar-refractivity contribution in [1.29, 1.82) is 0 Å². The van der Waals surface area contributed by atoms with Gasteiger partial charge in [0.25, 0.3) is 11.8 Å². The highest BCUT2D eigenvalue weighted by atomic mass is 32.1. The number of benzene rings is 3. The average Bonchev–Trinajstić information content (AvgIpc) is 2.81. The number of amides is 2. The molecule has 0 aromatic heterocycles. The molecule has 3 aromatic rings. The minimum absolute atomic E-state index is 0.0486. The molecule has 176 valence electrons. The van der Waals surface area contributed by atoms with Gasteiger partial charge in [-0.1, -0.05) is 31.2 Å². The third kappa shape index (κ3) is 6.65. The predicted octanol–water partition coefficient (Wildman–Crippen LogP) is 5.86. The van der Waals surface area contributed by atoms with E-state index in [0.717, 1.165) is 17.5 Å². The molecule has 0 aliphatic rings. The van der Waals surface area contributed by atoms with Gasteiger partial charge in [-0.15, -0.1) is 0 Å². The first-order valence-corrected chi connectivity index (χ1v) is 11.5. The van der Waals surface area contributed by atoms with E-state index >= 15 is 0 Å². The minimum atomic E-state index is -0.371. The number of anilines is 2. The molecule has 34 heavy (non-hydrogen) atoms. The Hall–Kier alpha value is -3.71. The largest absolute Gasteiger partial charge is 0.491 e. The van der Waals surface area contributed by atoms with Crippen molar-refractivity contribution in [3.05, 3.63) is 89.0 Å². The maximum atomic E-state index is 12.9.